The van der Waals surface area contributed by atoms with Crippen LogP contribution in [0.2, 0.25) is 5.02 Å². The van der Waals surface area contributed by atoms with Crippen LogP contribution in [0.4, 0.5) is 4.79 Å². The number of amides is 3. The lowest BCUT2D eigenvalue weighted by Crippen LogP contribution is -2.58. The van der Waals surface area contributed by atoms with Crippen LogP contribution in [0.1, 0.15) is 12.8 Å². The number of aromatic nitrogens is 2. The highest BCUT2D eigenvalue weighted by molar-refractivity contribution is 6.30. The largest absolute Gasteiger partial charge is 0.342 e. The zero-order valence-electron chi connectivity index (χ0n) is 14.6. The summed E-state index contributed by atoms with van der Waals surface area (Å²) in [5.41, 5.74) is 0.804. The van der Waals surface area contributed by atoms with E-state index in [1.165, 1.54) is 4.90 Å². The van der Waals surface area contributed by atoms with Crippen LogP contribution >= 0.6 is 11.6 Å². The highest BCUT2D eigenvalue weighted by Crippen LogP contribution is 2.18. The minimum atomic E-state index is -0.464. The summed E-state index contributed by atoms with van der Waals surface area (Å²) in [5, 5.41) is 7.36. The van der Waals surface area contributed by atoms with Gasteiger partial charge in [0.2, 0.25) is 17.6 Å². The number of benzene rings is 1. The number of nitrogens with one attached hydrogen (secondary N) is 1. The fourth-order valence-corrected chi connectivity index (χ4v) is 2.87. The molecule has 3 rings (SSSR count). The van der Waals surface area contributed by atoms with Gasteiger partial charge in [-0.3, -0.25) is 4.79 Å². The second kappa shape index (κ2) is 7.74. The molecule has 1 saturated heterocycles. The van der Waals surface area contributed by atoms with Crippen molar-refractivity contribution in [3.63, 3.8) is 0 Å². The van der Waals surface area contributed by atoms with Gasteiger partial charge in [-0.1, -0.05) is 16.8 Å². The predicted octanol–water partition coefficient (Wildman–Crippen LogP) is 1.80. The van der Waals surface area contributed by atoms with Crippen molar-refractivity contribution in [2.45, 2.75) is 19.4 Å². The summed E-state index contributed by atoms with van der Waals surface area (Å²) in [7, 11) is 1.74. The third kappa shape index (κ3) is 3.96. The number of halogens is 1. The first-order chi connectivity index (χ1) is 12.5. The Bertz CT molecular complexity index is 792. The Kier molecular flexibility index (Phi) is 5.41. The van der Waals surface area contributed by atoms with Crippen molar-refractivity contribution in [1.82, 2.24) is 25.3 Å². The molecule has 1 aromatic heterocycles. The van der Waals surface area contributed by atoms with E-state index in [4.69, 9.17) is 16.1 Å². The number of rotatable bonds is 4. The van der Waals surface area contributed by atoms with Crippen LogP contribution in [0.15, 0.2) is 28.8 Å². The lowest BCUT2D eigenvalue weighted by Gasteiger charge is -2.37. The second-order valence-electron chi connectivity index (χ2n) is 6.13. The standard InChI is InChI=1S/C17H20ClN5O3/c1-11-16(24)22(2)9-10-23(11)17(25)19-8-7-14-20-15(21-26-14)12-3-5-13(18)6-4-12/h3-6,11H,7-10H2,1-2H3,(H,19,25)/t11-/m1/s1. The molecule has 1 aromatic carbocycles. The third-order valence-electron chi connectivity index (χ3n) is 4.32. The van der Waals surface area contributed by atoms with Gasteiger partial charge < -0.3 is 19.6 Å². The van der Waals surface area contributed by atoms with E-state index in [0.29, 0.717) is 42.8 Å². The van der Waals surface area contributed by atoms with Gasteiger partial charge in [0, 0.05) is 43.7 Å². The SMILES string of the molecule is C[C@@H]1C(=O)N(C)CCN1C(=O)NCCc1nc(-c2ccc(Cl)cc2)no1. The Hall–Kier alpha value is -2.61. The molecular weight excluding hydrogens is 358 g/mol. The van der Waals surface area contributed by atoms with Gasteiger partial charge in [-0.25, -0.2) is 4.79 Å². The maximum atomic E-state index is 12.3. The summed E-state index contributed by atoms with van der Waals surface area (Å²) in [6, 6.07) is 6.40. The first kappa shape index (κ1) is 18.2. The minimum absolute atomic E-state index is 0.0593. The van der Waals surface area contributed by atoms with Gasteiger partial charge in [-0.05, 0) is 31.2 Å². The van der Waals surface area contributed by atoms with E-state index < -0.39 is 6.04 Å². The van der Waals surface area contributed by atoms with Crippen LogP contribution in [0, 0.1) is 0 Å². The van der Waals surface area contributed by atoms with Crippen molar-refractivity contribution < 1.29 is 14.1 Å². The third-order valence-corrected chi connectivity index (χ3v) is 4.58. The molecule has 1 aliphatic heterocycles. The second-order valence-corrected chi connectivity index (χ2v) is 6.57. The number of hydrogen-bond donors (Lipinski definition) is 1. The summed E-state index contributed by atoms with van der Waals surface area (Å²) >= 11 is 5.86. The average molecular weight is 378 g/mol. The summed E-state index contributed by atoms with van der Waals surface area (Å²) in [4.78, 5) is 31.7. The fraction of sp³-hybridized carbons (Fsp3) is 0.412. The molecule has 0 radical (unpaired) electrons. The molecule has 2 aromatic rings. The maximum absolute atomic E-state index is 12.3. The van der Waals surface area contributed by atoms with E-state index >= 15 is 0 Å². The average Bonchev–Trinajstić information content (AvgIpc) is 3.09. The maximum Gasteiger partial charge on any atom is 0.318 e. The van der Waals surface area contributed by atoms with Gasteiger partial charge in [-0.15, -0.1) is 0 Å². The molecule has 1 fully saturated rings. The molecule has 3 amide bonds. The van der Waals surface area contributed by atoms with Crippen LogP contribution in [-0.2, 0) is 11.2 Å². The van der Waals surface area contributed by atoms with Crippen LogP contribution in [0.25, 0.3) is 11.4 Å². The topological polar surface area (TPSA) is 91.6 Å². The summed E-state index contributed by atoms with van der Waals surface area (Å²) in [5.74, 6) is 0.843. The molecule has 0 bridgehead atoms. The molecule has 1 aliphatic rings. The molecule has 1 N–H and O–H groups in total. The smallest absolute Gasteiger partial charge is 0.318 e. The predicted molar refractivity (Wildman–Crippen MR) is 95.7 cm³/mol. The Balaban J connectivity index is 1.51. The highest BCUT2D eigenvalue weighted by atomic mass is 35.5. The lowest BCUT2D eigenvalue weighted by molar-refractivity contribution is -0.137. The van der Waals surface area contributed by atoms with Crippen molar-refractivity contribution in [1.29, 1.82) is 0 Å². The number of urea groups is 1. The van der Waals surface area contributed by atoms with Crippen LogP contribution in [0.3, 0.4) is 0 Å². The van der Waals surface area contributed by atoms with Gasteiger partial charge in [0.15, 0.2) is 0 Å². The molecule has 0 aliphatic carbocycles. The molecular formula is C17H20ClN5O3. The van der Waals surface area contributed by atoms with Crippen molar-refractivity contribution in [2.24, 2.45) is 0 Å². The van der Waals surface area contributed by atoms with E-state index in [1.54, 1.807) is 31.0 Å². The Morgan fingerprint density at radius 1 is 1.35 bits per heavy atom. The van der Waals surface area contributed by atoms with Crippen molar-refractivity contribution in [2.75, 3.05) is 26.7 Å². The van der Waals surface area contributed by atoms with E-state index in [0.717, 1.165) is 5.56 Å². The quantitative estimate of drug-likeness (QED) is 0.877. The normalized spacial score (nSPS) is 17.5. The Morgan fingerprint density at radius 3 is 2.81 bits per heavy atom. The number of piperazine rings is 1. The first-order valence-corrected chi connectivity index (χ1v) is 8.71. The van der Waals surface area contributed by atoms with Crippen LogP contribution < -0.4 is 5.32 Å². The number of nitrogens with zero attached hydrogens (tertiary/aromatic N) is 4. The van der Waals surface area contributed by atoms with Gasteiger partial charge in [0.25, 0.3) is 0 Å². The summed E-state index contributed by atoms with van der Waals surface area (Å²) in [6.45, 7) is 3.11. The van der Waals surface area contributed by atoms with E-state index in [-0.39, 0.29) is 11.9 Å². The highest BCUT2D eigenvalue weighted by Gasteiger charge is 2.32. The van der Waals surface area contributed by atoms with Gasteiger partial charge >= 0.3 is 6.03 Å². The van der Waals surface area contributed by atoms with Crippen molar-refractivity contribution >= 4 is 23.5 Å². The number of carbonyl (C=O) groups excluding carboxylic acids is 2. The van der Waals surface area contributed by atoms with Crippen molar-refractivity contribution in [3.8, 4) is 11.4 Å². The molecule has 26 heavy (non-hydrogen) atoms. The van der Waals surface area contributed by atoms with Gasteiger partial charge in [0.1, 0.15) is 6.04 Å². The molecule has 2 heterocycles. The fourth-order valence-electron chi connectivity index (χ4n) is 2.74. The summed E-state index contributed by atoms with van der Waals surface area (Å²) < 4.78 is 5.21. The minimum Gasteiger partial charge on any atom is -0.342 e. The molecule has 138 valence electrons. The van der Waals surface area contributed by atoms with E-state index in [1.807, 2.05) is 12.1 Å². The monoisotopic (exact) mass is 377 g/mol. The molecule has 1 atom stereocenters. The zero-order chi connectivity index (χ0) is 18.7. The Labute approximate surface area is 156 Å². The molecule has 8 nitrogen and oxygen atoms in total. The molecule has 0 unspecified atom stereocenters. The van der Waals surface area contributed by atoms with Crippen LogP contribution in [0.5, 0.6) is 0 Å². The lowest BCUT2D eigenvalue weighted by atomic mass is 10.2. The number of hydrogen-bond acceptors (Lipinski definition) is 5. The molecule has 0 spiro atoms. The van der Waals surface area contributed by atoms with Crippen LogP contribution in [-0.4, -0.2) is 64.6 Å². The number of carbonyl (C=O) groups is 2. The van der Waals surface area contributed by atoms with Gasteiger partial charge in [0.05, 0.1) is 0 Å². The number of likely N-dealkylation sites (N-methyl/N-ethyl adjacent to an activating group) is 1. The molecule has 9 heteroatoms. The Morgan fingerprint density at radius 2 is 2.08 bits per heavy atom. The van der Waals surface area contributed by atoms with E-state index in [2.05, 4.69) is 15.5 Å². The van der Waals surface area contributed by atoms with Gasteiger partial charge in [-0.2, -0.15) is 4.98 Å². The zero-order valence-corrected chi connectivity index (χ0v) is 15.4. The molecule has 0 saturated carbocycles. The first-order valence-electron chi connectivity index (χ1n) is 8.33. The summed E-state index contributed by atoms with van der Waals surface area (Å²) in [6.07, 6.45) is 0.405. The van der Waals surface area contributed by atoms with E-state index in [9.17, 15) is 9.59 Å². The van der Waals surface area contributed by atoms with Crippen molar-refractivity contribution in [3.05, 3.63) is 35.2 Å².